The first-order chi connectivity index (χ1) is 17.5. The topological polar surface area (TPSA) is 37.6 Å². The van der Waals surface area contributed by atoms with Crippen molar-refractivity contribution in [2.45, 2.75) is 23.8 Å². The van der Waals surface area contributed by atoms with E-state index in [2.05, 4.69) is 84.0 Å². The summed E-state index contributed by atoms with van der Waals surface area (Å²) in [6, 6.07) is 25.3. The van der Waals surface area contributed by atoms with E-state index in [0.717, 1.165) is 40.2 Å². The van der Waals surface area contributed by atoms with Gasteiger partial charge in [0.25, 0.3) is 5.56 Å². The first-order valence-corrected chi connectivity index (χ1v) is 14.1. The maximum Gasteiger partial charge on any atom is 0.271 e. The molecule has 1 atom stereocenters. The lowest BCUT2D eigenvalue weighted by atomic mass is 9.83. The smallest absolute Gasteiger partial charge is 0.271 e. The Bertz CT molecular complexity index is 1660. The number of nitrogens with zero attached hydrogens (tertiary/aromatic N) is 3. The molecule has 3 aromatic carbocycles. The lowest BCUT2D eigenvalue weighted by Gasteiger charge is -2.30. The Balaban J connectivity index is 1.56. The SMILES string of the molecule is CSc1ccc(C2C3=C(N=c4sc(=Cc5ccc(N(C)C)cc5)c(=O)n42)c2ccccc2CC3)cc1. The number of anilines is 1. The van der Waals surface area contributed by atoms with Gasteiger partial charge in [0.05, 0.1) is 16.3 Å². The van der Waals surface area contributed by atoms with Gasteiger partial charge in [0, 0.05) is 30.2 Å². The van der Waals surface area contributed by atoms with Crippen LogP contribution in [0.15, 0.2) is 93.1 Å². The van der Waals surface area contributed by atoms with Crippen molar-refractivity contribution in [3.63, 3.8) is 0 Å². The predicted molar refractivity (Wildman–Crippen MR) is 152 cm³/mol. The Morgan fingerprint density at radius 1 is 1.00 bits per heavy atom. The van der Waals surface area contributed by atoms with Crippen molar-refractivity contribution in [2.24, 2.45) is 4.99 Å². The molecule has 4 nitrogen and oxygen atoms in total. The van der Waals surface area contributed by atoms with Crippen molar-refractivity contribution >= 4 is 40.6 Å². The molecule has 1 aliphatic carbocycles. The van der Waals surface area contributed by atoms with Gasteiger partial charge in [-0.1, -0.05) is 59.9 Å². The van der Waals surface area contributed by atoms with E-state index in [9.17, 15) is 4.79 Å². The number of thioether (sulfide) groups is 1. The molecule has 36 heavy (non-hydrogen) atoms. The molecular formula is C30H27N3OS2. The predicted octanol–water partition coefficient (Wildman–Crippen LogP) is 5.11. The fourth-order valence-corrected chi connectivity index (χ4v) is 6.54. The van der Waals surface area contributed by atoms with E-state index in [1.54, 1.807) is 11.8 Å². The van der Waals surface area contributed by atoms with E-state index >= 15 is 0 Å². The molecule has 0 amide bonds. The summed E-state index contributed by atoms with van der Waals surface area (Å²) < 4.78 is 2.64. The average Bonchev–Trinajstić information content (AvgIpc) is 3.22. The second-order valence-electron chi connectivity index (χ2n) is 9.37. The number of aryl methyl sites for hydroxylation is 1. The van der Waals surface area contributed by atoms with E-state index in [1.807, 2.05) is 24.7 Å². The largest absolute Gasteiger partial charge is 0.378 e. The molecule has 0 saturated heterocycles. The molecule has 2 aliphatic rings. The van der Waals surface area contributed by atoms with Crippen LogP contribution in [0.25, 0.3) is 11.8 Å². The van der Waals surface area contributed by atoms with Crippen molar-refractivity contribution in [2.75, 3.05) is 25.3 Å². The zero-order chi connectivity index (χ0) is 24.8. The number of hydrogen-bond donors (Lipinski definition) is 0. The summed E-state index contributed by atoms with van der Waals surface area (Å²) in [5, 5.41) is 0. The third-order valence-electron chi connectivity index (χ3n) is 7.01. The molecule has 0 bridgehead atoms. The van der Waals surface area contributed by atoms with Crippen LogP contribution in [0.3, 0.4) is 0 Å². The van der Waals surface area contributed by atoms with Gasteiger partial charge in [-0.25, -0.2) is 4.99 Å². The molecule has 180 valence electrons. The van der Waals surface area contributed by atoms with Crippen molar-refractivity contribution in [1.29, 1.82) is 0 Å². The zero-order valence-corrected chi connectivity index (χ0v) is 22.2. The quantitative estimate of drug-likeness (QED) is 0.359. The van der Waals surface area contributed by atoms with Crippen LogP contribution in [0.2, 0.25) is 0 Å². The molecule has 6 rings (SSSR count). The van der Waals surface area contributed by atoms with Crippen LogP contribution < -0.4 is 19.8 Å². The summed E-state index contributed by atoms with van der Waals surface area (Å²) in [6.45, 7) is 0. The van der Waals surface area contributed by atoms with Crippen molar-refractivity contribution < 1.29 is 0 Å². The molecule has 6 heteroatoms. The van der Waals surface area contributed by atoms with Gasteiger partial charge in [0.2, 0.25) is 0 Å². The minimum Gasteiger partial charge on any atom is -0.378 e. The minimum atomic E-state index is -0.140. The molecule has 1 aromatic heterocycles. The highest BCUT2D eigenvalue weighted by molar-refractivity contribution is 7.98. The summed E-state index contributed by atoms with van der Waals surface area (Å²) in [6.07, 6.45) is 5.95. The summed E-state index contributed by atoms with van der Waals surface area (Å²) in [5.74, 6) is 0. The van der Waals surface area contributed by atoms with E-state index in [1.165, 1.54) is 32.9 Å². The lowest BCUT2D eigenvalue weighted by molar-refractivity contribution is 0.585. The van der Waals surface area contributed by atoms with Crippen LogP contribution in [-0.4, -0.2) is 24.9 Å². The van der Waals surface area contributed by atoms with E-state index in [-0.39, 0.29) is 11.6 Å². The van der Waals surface area contributed by atoms with Gasteiger partial charge >= 0.3 is 0 Å². The number of hydrogen-bond acceptors (Lipinski definition) is 5. The first-order valence-electron chi connectivity index (χ1n) is 12.1. The summed E-state index contributed by atoms with van der Waals surface area (Å²) in [4.78, 5) is 23.0. The van der Waals surface area contributed by atoms with Crippen LogP contribution in [-0.2, 0) is 6.42 Å². The standard InChI is InChI=1S/C30H27N3OS2/c1-32(2)22-13-8-19(9-14-22)18-26-29(34)33-28(21-10-15-23(35-3)16-11-21)25-17-12-20-6-4-5-7-24(20)27(25)31-30(33)36-26/h4-11,13-16,18,28H,12,17H2,1-3H3. The molecule has 0 spiro atoms. The summed E-state index contributed by atoms with van der Waals surface area (Å²) in [7, 11) is 4.05. The third-order valence-corrected chi connectivity index (χ3v) is 8.74. The van der Waals surface area contributed by atoms with Crippen molar-refractivity contribution in [3.8, 4) is 0 Å². The highest BCUT2D eigenvalue weighted by Crippen LogP contribution is 2.41. The molecule has 4 aromatic rings. The number of benzene rings is 3. The van der Waals surface area contributed by atoms with Crippen molar-refractivity contribution in [3.05, 3.63) is 120 Å². The first kappa shape index (κ1) is 23.1. The maximum absolute atomic E-state index is 13.9. The van der Waals surface area contributed by atoms with Gasteiger partial charge < -0.3 is 4.90 Å². The third kappa shape index (κ3) is 3.94. The Morgan fingerprint density at radius 3 is 2.47 bits per heavy atom. The van der Waals surface area contributed by atoms with Crippen LogP contribution in [0.4, 0.5) is 5.69 Å². The fourth-order valence-electron chi connectivity index (χ4n) is 5.13. The van der Waals surface area contributed by atoms with Crippen LogP contribution in [0.1, 0.15) is 34.7 Å². The van der Waals surface area contributed by atoms with Crippen LogP contribution >= 0.6 is 23.1 Å². The Hall–Kier alpha value is -3.35. The second-order valence-corrected chi connectivity index (χ2v) is 11.3. The second kappa shape index (κ2) is 9.26. The van der Waals surface area contributed by atoms with Gasteiger partial charge in [0.1, 0.15) is 0 Å². The number of aromatic nitrogens is 1. The van der Waals surface area contributed by atoms with Gasteiger partial charge in [-0.15, -0.1) is 11.8 Å². The van der Waals surface area contributed by atoms with Gasteiger partial charge in [-0.3, -0.25) is 9.36 Å². The maximum atomic E-state index is 13.9. The van der Waals surface area contributed by atoms with E-state index in [0.29, 0.717) is 4.53 Å². The zero-order valence-electron chi connectivity index (χ0n) is 20.6. The van der Waals surface area contributed by atoms with Gasteiger partial charge in [0.15, 0.2) is 4.80 Å². The fraction of sp³-hybridized carbons (Fsp3) is 0.200. The number of fused-ring (bicyclic) bond motifs is 3. The van der Waals surface area contributed by atoms with E-state index in [4.69, 9.17) is 4.99 Å². The molecule has 0 fully saturated rings. The Morgan fingerprint density at radius 2 is 1.75 bits per heavy atom. The molecule has 1 aliphatic heterocycles. The normalized spacial score (nSPS) is 16.8. The summed E-state index contributed by atoms with van der Waals surface area (Å²) >= 11 is 3.21. The molecule has 0 saturated carbocycles. The average molecular weight is 510 g/mol. The lowest BCUT2D eigenvalue weighted by Crippen LogP contribution is -2.38. The molecular weight excluding hydrogens is 482 g/mol. The minimum absolute atomic E-state index is 0.0276. The van der Waals surface area contributed by atoms with Gasteiger partial charge in [-0.05, 0) is 71.7 Å². The van der Waals surface area contributed by atoms with E-state index < -0.39 is 0 Å². The monoisotopic (exact) mass is 509 g/mol. The van der Waals surface area contributed by atoms with Crippen LogP contribution in [0.5, 0.6) is 0 Å². The summed E-state index contributed by atoms with van der Waals surface area (Å²) in [5.41, 5.74) is 8.11. The van der Waals surface area contributed by atoms with Gasteiger partial charge in [-0.2, -0.15) is 0 Å². The number of thiazole rings is 1. The van der Waals surface area contributed by atoms with Crippen molar-refractivity contribution in [1.82, 2.24) is 4.57 Å². The Kier molecular flexibility index (Phi) is 5.94. The molecule has 0 N–H and O–H groups in total. The number of allylic oxidation sites excluding steroid dienone is 1. The Labute approximate surface area is 219 Å². The van der Waals surface area contributed by atoms with Crippen LogP contribution in [0, 0.1) is 0 Å². The number of rotatable bonds is 4. The highest BCUT2D eigenvalue weighted by atomic mass is 32.2. The molecule has 2 heterocycles. The molecule has 0 radical (unpaired) electrons. The highest BCUT2D eigenvalue weighted by Gasteiger charge is 2.32. The molecule has 1 unspecified atom stereocenters.